The Morgan fingerprint density at radius 2 is 2.26 bits per heavy atom. The summed E-state index contributed by atoms with van der Waals surface area (Å²) in [5.41, 5.74) is 2.06. The van der Waals surface area contributed by atoms with E-state index < -0.39 is 18.5 Å². The summed E-state index contributed by atoms with van der Waals surface area (Å²) in [6.07, 6.45) is 7.03. The van der Waals surface area contributed by atoms with E-state index in [4.69, 9.17) is 19.1 Å². The molecule has 0 spiro atoms. The second-order valence-electron chi connectivity index (χ2n) is 8.14. The van der Waals surface area contributed by atoms with Crippen molar-refractivity contribution in [2.24, 2.45) is 0 Å². The lowest BCUT2D eigenvalue weighted by Crippen LogP contribution is -2.34. The highest BCUT2D eigenvalue weighted by molar-refractivity contribution is 6.34. The van der Waals surface area contributed by atoms with Crippen LogP contribution in [0.2, 0.25) is 5.02 Å². The molecule has 4 aromatic rings. The summed E-state index contributed by atoms with van der Waals surface area (Å²) in [5, 5.41) is 32.9. The molecule has 0 aromatic carbocycles. The van der Waals surface area contributed by atoms with E-state index in [9.17, 15) is 14.8 Å². The number of hydrogen-bond acceptors (Lipinski definition) is 8. The van der Waals surface area contributed by atoms with Crippen molar-refractivity contribution in [2.45, 2.75) is 38.5 Å². The van der Waals surface area contributed by atoms with Crippen LogP contribution in [0.3, 0.4) is 0 Å². The molecule has 35 heavy (non-hydrogen) atoms. The van der Waals surface area contributed by atoms with Crippen LogP contribution in [0, 0.1) is 24.2 Å². The molecule has 10 nitrogen and oxygen atoms in total. The minimum atomic E-state index is -2.87. The van der Waals surface area contributed by atoms with Crippen molar-refractivity contribution in [3.63, 3.8) is 0 Å². The van der Waals surface area contributed by atoms with Crippen molar-refractivity contribution in [3.8, 4) is 23.2 Å². The molecule has 2 atom stereocenters. The average Bonchev–Trinajstić information content (AvgIpc) is 3.44. The highest BCUT2D eigenvalue weighted by atomic mass is 35.5. The van der Waals surface area contributed by atoms with Gasteiger partial charge in [0.15, 0.2) is 12.3 Å². The Kier molecular flexibility index (Phi) is 5.58. The van der Waals surface area contributed by atoms with Crippen LogP contribution in [-0.4, -0.2) is 52.7 Å². The van der Waals surface area contributed by atoms with Gasteiger partial charge in [-0.15, -0.1) is 5.10 Å². The monoisotopic (exact) mass is 498 g/mol. The van der Waals surface area contributed by atoms with Crippen LogP contribution in [0.5, 0.6) is 5.75 Å². The second kappa shape index (κ2) is 9.48. The number of ether oxygens (including phenoxy) is 1. The van der Waals surface area contributed by atoms with E-state index in [0.717, 1.165) is 31.5 Å². The molecule has 12 heteroatoms. The normalized spacial score (nSPS) is 18.1. The number of nitrogens with zero attached hydrogens (tertiary/aromatic N) is 8. The molecule has 1 aliphatic heterocycles. The minimum Gasteiger partial charge on any atom is -0.479 e. The van der Waals surface area contributed by atoms with Crippen molar-refractivity contribution in [1.82, 2.24) is 34.5 Å². The summed E-state index contributed by atoms with van der Waals surface area (Å²) >= 11 is 6.36. The summed E-state index contributed by atoms with van der Waals surface area (Å²) < 4.78 is 38.4. The molecule has 0 radical (unpaired) electrons. The quantitative estimate of drug-likeness (QED) is 0.400. The number of piperidine rings is 1. The molecule has 5 heterocycles. The van der Waals surface area contributed by atoms with Crippen LogP contribution in [-0.2, 0) is 0 Å². The zero-order chi connectivity index (χ0) is 26.3. The van der Waals surface area contributed by atoms with Gasteiger partial charge in [-0.3, -0.25) is 9.88 Å². The van der Waals surface area contributed by atoms with E-state index in [-0.39, 0.29) is 22.6 Å². The summed E-state index contributed by atoms with van der Waals surface area (Å²) in [7, 11) is 0. The van der Waals surface area contributed by atoms with Crippen LogP contribution in [0.25, 0.3) is 16.8 Å². The molecule has 1 fully saturated rings. The van der Waals surface area contributed by atoms with Gasteiger partial charge in [0, 0.05) is 18.3 Å². The van der Waals surface area contributed by atoms with E-state index in [1.54, 1.807) is 21.8 Å². The highest BCUT2D eigenvalue weighted by Crippen LogP contribution is 2.36. The molecule has 1 aliphatic rings. The molecule has 0 aliphatic carbocycles. The van der Waals surface area contributed by atoms with Gasteiger partial charge in [-0.25, -0.2) is 13.6 Å². The van der Waals surface area contributed by atoms with Gasteiger partial charge in [-0.1, -0.05) is 16.8 Å². The van der Waals surface area contributed by atoms with Gasteiger partial charge >= 0.3 is 0 Å². The van der Waals surface area contributed by atoms with Gasteiger partial charge in [0.1, 0.15) is 28.9 Å². The molecule has 5 rings (SSSR count). The van der Waals surface area contributed by atoms with Gasteiger partial charge in [0.25, 0.3) is 0 Å². The fraction of sp³-hybridized carbons (Fsp3) is 0.348. The Hall–Kier alpha value is -3.75. The summed E-state index contributed by atoms with van der Waals surface area (Å²) in [5.74, 6) is -0.518. The van der Waals surface area contributed by atoms with Crippen LogP contribution >= 0.6 is 11.6 Å². The summed E-state index contributed by atoms with van der Waals surface area (Å²) in [4.78, 5) is 5.57. The predicted molar refractivity (Wildman–Crippen MR) is 124 cm³/mol. The minimum absolute atomic E-state index is 0.0240. The number of aliphatic hydroxyl groups is 1. The number of hydrogen-bond donors (Lipinski definition) is 1. The Balaban J connectivity index is 1.59. The van der Waals surface area contributed by atoms with Crippen LogP contribution in [0.15, 0.2) is 36.8 Å². The molecular weight excluding hydrogens is 475 g/mol. The molecule has 1 saturated heterocycles. The van der Waals surface area contributed by atoms with E-state index in [1.165, 1.54) is 16.8 Å². The zero-order valence-electron chi connectivity index (χ0n) is 20.6. The van der Waals surface area contributed by atoms with Crippen LogP contribution < -0.4 is 4.74 Å². The lowest BCUT2D eigenvalue weighted by Gasteiger charge is -2.31. The molecule has 0 saturated carbocycles. The molecule has 0 amide bonds. The molecule has 1 N–H and O–H groups in total. The van der Waals surface area contributed by atoms with Crippen LogP contribution in [0.1, 0.15) is 45.7 Å². The summed E-state index contributed by atoms with van der Waals surface area (Å²) in [6, 6.07) is 3.92. The van der Waals surface area contributed by atoms with Crippen molar-refractivity contribution < 1.29 is 17.0 Å². The first kappa shape index (κ1) is 20.6. The molecule has 2 unspecified atom stereocenters. The summed E-state index contributed by atoms with van der Waals surface area (Å²) in [6.45, 7) is -0.378. The third-order valence-electron chi connectivity index (χ3n) is 6.00. The van der Waals surface area contributed by atoms with Gasteiger partial charge < -0.3 is 9.84 Å². The number of halogens is 2. The number of nitriles is 1. The molecule has 0 bridgehead atoms. The number of aromatic nitrogens is 6. The molecular formula is C23H22ClFN8O2. The van der Waals surface area contributed by atoms with Gasteiger partial charge in [0.05, 0.1) is 38.1 Å². The van der Waals surface area contributed by atoms with E-state index in [1.807, 2.05) is 6.92 Å². The molecule has 180 valence electrons. The fourth-order valence-electron chi connectivity index (χ4n) is 4.27. The topological polar surface area (TPSA) is 117 Å². The Morgan fingerprint density at radius 3 is 3.00 bits per heavy atom. The fourth-order valence-corrected chi connectivity index (χ4v) is 4.49. The van der Waals surface area contributed by atoms with Gasteiger partial charge in [-0.2, -0.15) is 10.4 Å². The highest BCUT2D eigenvalue weighted by Gasteiger charge is 2.27. The predicted octanol–water partition coefficient (Wildman–Crippen LogP) is 3.67. The number of rotatable bonds is 6. The number of pyridine rings is 2. The largest absolute Gasteiger partial charge is 0.479 e. The van der Waals surface area contributed by atoms with E-state index >= 15 is 0 Å². The third-order valence-corrected chi connectivity index (χ3v) is 6.27. The van der Waals surface area contributed by atoms with E-state index in [2.05, 4.69) is 26.6 Å². The smallest absolute Gasteiger partial charge is 0.181 e. The standard InChI is InChI=1S/C23H22ClFN8O2/c1-14-22(29-30-33(14)21-4-2-3-7-31(21)13-26)15-8-19(23-17(24)10-28-32(23)11-15)35-20(12-34)18-6-5-16(25)9-27-18/h5-6,8-11,20-21,34H,2-4,7,12H2,1H3/i12D2. The van der Waals surface area contributed by atoms with Gasteiger partial charge in [0.2, 0.25) is 0 Å². The van der Waals surface area contributed by atoms with Crippen molar-refractivity contribution >= 4 is 17.1 Å². The first-order valence-corrected chi connectivity index (χ1v) is 11.3. The van der Waals surface area contributed by atoms with Gasteiger partial charge in [-0.05, 0) is 44.4 Å². The number of fused-ring (bicyclic) bond motifs is 1. The second-order valence-corrected chi connectivity index (χ2v) is 8.55. The van der Waals surface area contributed by atoms with Crippen molar-refractivity contribution in [1.29, 1.82) is 5.26 Å². The third kappa shape index (κ3) is 4.26. The number of likely N-dealkylation sites (tertiary alicyclic amines) is 1. The van der Waals surface area contributed by atoms with Crippen LogP contribution in [0.4, 0.5) is 4.39 Å². The maximum absolute atomic E-state index is 13.4. The zero-order valence-corrected chi connectivity index (χ0v) is 19.4. The first-order chi connectivity index (χ1) is 17.7. The lowest BCUT2D eigenvalue weighted by atomic mass is 10.1. The van der Waals surface area contributed by atoms with Crippen molar-refractivity contribution in [3.05, 3.63) is 59.0 Å². The first-order valence-electron chi connectivity index (χ1n) is 11.9. The maximum Gasteiger partial charge on any atom is 0.181 e. The Labute approximate surface area is 207 Å². The van der Waals surface area contributed by atoms with E-state index in [0.29, 0.717) is 29.0 Å². The Bertz CT molecular complexity index is 1480. The molecule has 4 aromatic heterocycles. The average molecular weight is 499 g/mol. The van der Waals surface area contributed by atoms with Crippen molar-refractivity contribution in [2.75, 3.05) is 13.1 Å². The SMILES string of the molecule is [2H]C([2H])(O)C(Oc1cc(-c2nnn(C3CCCCN3C#N)c2C)cn2ncc(Cl)c12)c1ccc(F)cn1. The lowest BCUT2D eigenvalue weighted by molar-refractivity contribution is 0.114. The Morgan fingerprint density at radius 1 is 1.40 bits per heavy atom. The maximum atomic E-state index is 13.4.